The van der Waals surface area contributed by atoms with Crippen LogP contribution in [0.4, 0.5) is 9.59 Å². The van der Waals surface area contributed by atoms with E-state index >= 15 is 0 Å². The molecule has 146 valence electrons. The molecule has 1 aromatic rings. The van der Waals surface area contributed by atoms with Crippen LogP contribution in [0.2, 0.25) is 0 Å². The second-order valence-electron chi connectivity index (χ2n) is 7.68. The molecule has 3 N–H and O–H groups in total. The maximum absolute atomic E-state index is 12.3. The first-order valence-electron chi connectivity index (χ1n) is 9.12. The highest BCUT2D eigenvalue weighted by molar-refractivity contribution is 5.75. The van der Waals surface area contributed by atoms with E-state index in [-0.39, 0.29) is 6.03 Å². The first-order chi connectivity index (χ1) is 12.2. The van der Waals surface area contributed by atoms with Gasteiger partial charge in [-0.3, -0.25) is 0 Å². The monoisotopic (exact) mass is 366 g/mol. The molecule has 0 atom stereocenters. The van der Waals surface area contributed by atoms with Crippen LogP contribution in [0.1, 0.15) is 59.2 Å². The largest absolute Gasteiger partial charge is 0.444 e. The summed E-state index contributed by atoms with van der Waals surface area (Å²) in [6, 6.07) is -0.274. The molecule has 1 fully saturated rings. The van der Waals surface area contributed by atoms with E-state index in [1.165, 1.54) is 0 Å². The average molecular weight is 366 g/mol. The quantitative estimate of drug-likeness (QED) is 0.712. The molecule has 0 saturated heterocycles. The van der Waals surface area contributed by atoms with Gasteiger partial charge in [0.1, 0.15) is 11.9 Å². The summed E-state index contributed by atoms with van der Waals surface area (Å²) < 4.78 is 7.14. The van der Waals surface area contributed by atoms with Crippen LogP contribution in [0.25, 0.3) is 0 Å². The molecular weight excluding hydrogens is 336 g/mol. The molecule has 0 radical (unpaired) electrons. The number of amides is 3. The molecule has 26 heavy (non-hydrogen) atoms. The molecule has 0 spiro atoms. The third-order valence-corrected chi connectivity index (χ3v) is 4.35. The fourth-order valence-electron chi connectivity index (χ4n) is 3.08. The number of urea groups is 1. The number of hydrogen-bond acceptors (Lipinski definition) is 5. The van der Waals surface area contributed by atoms with Crippen molar-refractivity contribution >= 4 is 12.1 Å². The van der Waals surface area contributed by atoms with Gasteiger partial charge in [0.25, 0.3) is 0 Å². The van der Waals surface area contributed by atoms with Gasteiger partial charge in [-0.1, -0.05) is 12.8 Å². The lowest BCUT2D eigenvalue weighted by molar-refractivity contribution is 0.0510. The minimum Gasteiger partial charge on any atom is -0.444 e. The molecule has 2 rings (SSSR count). The number of nitrogens with zero attached hydrogens (tertiary/aromatic N) is 3. The SMILES string of the molecule is CCn1cnnc1CNC(=O)NC1(CNC(=O)OC(C)(C)C)CCCC1. The number of ether oxygens (including phenoxy) is 1. The van der Waals surface area contributed by atoms with E-state index in [1.54, 1.807) is 6.33 Å². The smallest absolute Gasteiger partial charge is 0.407 e. The maximum atomic E-state index is 12.3. The standard InChI is InChI=1S/C17H30N6O3/c1-5-23-12-20-22-13(23)10-18-14(24)21-17(8-6-7-9-17)11-19-15(25)26-16(2,3)4/h12H,5-11H2,1-4H3,(H,19,25)(H2,18,21,24). The summed E-state index contributed by atoms with van der Waals surface area (Å²) >= 11 is 0. The van der Waals surface area contributed by atoms with Crippen LogP contribution in [-0.4, -0.2) is 44.6 Å². The Kier molecular flexibility index (Phi) is 6.44. The zero-order valence-corrected chi connectivity index (χ0v) is 16.1. The van der Waals surface area contributed by atoms with Crippen molar-refractivity contribution in [1.82, 2.24) is 30.7 Å². The van der Waals surface area contributed by atoms with Crippen molar-refractivity contribution in [3.05, 3.63) is 12.2 Å². The predicted molar refractivity (Wildman–Crippen MR) is 96.5 cm³/mol. The summed E-state index contributed by atoms with van der Waals surface area (Å²) in [5.41, 5.74) is -0.994. The Bertz CT molecular complexity index is 616. The number of aromatic nitrogens is 3. The van der Waals surface area contributed by atoms with E-state index in [4.69, 9.17) is 4.74 Å². The highest BCUT2D eigenvalue weighted by Gasteiger charge is 2.36. The maximum Gasteiger partial charge on any atom is 0.407 e. The van der Waals surface area contributed by atoms with Crippen molar-refractivity contribution in [3.63, 3.8) is 0 Å². The fourth-order valence-corrected chi connectivity index (χ4v) is 3.08. The zero-order valence-electron chi connectivity index (χ0n) is 16.1. The molecule has 0 aliphatic heterocycles. The zero-order chi connectivity index (χ0) is 19.2. The number of hydrogen-bond donors (Lipinski definition) is 3. The van der Waals surface area contributed by atoms with Crippen molar-refractivity contribution in [2.24, 2.45) is 0 Å². The van der Waals surface area contributed by atoms with Gasteiger partial charge in [0.2, 0.25) is 0 Å². The van der Waals surface area contributed by atoms with Gasteiger partial charge < -0.3 is 25.3 Å². The molecule has 0 aromatic carbocycles. The highest BCUT2D eigenvalue weighted by atomic mass is 16.6. The first-order valence-corrected chi connectivity index (χ1v) is 9.12. The third-order valence-electron chi connectivity index (χ3n) is 4.35. The topological polar surface area (TPSA) is 110 Å². The fraction of sp³-hybridized carbons (Fsp3) is 0.765. The van der Waals surface area contributed by atoms with E-state index in [1.807, 2.05) is 32.3 Å². The van der Waals surface area contributed by atoms with E-state index in [0.717, 1.165) is 32.2 Å². The molecule has 9 heteroatoms. The van der Waals surface area contributed by atoms with Gasteiger partial charge in [-0.05, 0) is 40.5 Å². The van der Waals surface area contributed by atoms with Gasteiger partial charge >= 0.3 is 12.1 Å². The van der Waals surface area contributed by atoms with Gasteiger partial charge in [-0.2, -0.15) is 0 Å². The molecule has 1 aliphatic rings. The number of nitrogens with one attached hydrogen (secondary N) is 3. The lowest BCUT2D eigenvalue weighted by atomic mass is 9.98. The molecule has 0 unspecified atom stereocenters. The Morgan fingerprint density at radius 3 is 2.58 bits per heavy atom. The van der Waals surface area contributed by atoms with Crippen LogP contribution in [0.5, 0.6) is 0 Å². The summed E-state index contributed by atoms with van der Waals surface area (Å²) in [4.78, 5) is 24.3. The molecule has 1 heterocycles. The van der Waals surface area contributed by atoms with Crippen LogP contribution in [-0.2, 0) is 17.8 Å². The summed E-state index contributed by atoms with van der Waals surface area (Å²) in [6.07, 6.45) is 4.84. The summed E-state index contributed by atoms with van der Waals surface area (Å²) in [5, 5.41) is 16.5. The van der Waals surface area contributed by atoms with Gasteiger partial charge in [0.15, 0.2) is 5.82 Å². The second-order valence-corrected chi connectivity index (χ2v) is 7.68. The molecule has 1 aromatic heterocycles. The van der Waals surface area contributed by atoms with E-state index in [0.29, 0.717) is 18.9 Å². The highest BCUT2D eigenvalue weighted by Crippen LogP contribution is 2.29. The van der Waals surface area contributed by atoms with Crippen LogP contribution in [0.3, 0.4) is 0 Å². The Hall–Kier alpha value is -2.32. The average Bonchev–Trinajstić information content (AvgIpc) is 3.18. The van der Waals surface area contributed by atoms with Crippen molar-refractivity contribution in [2.45, 2.75) is 77.6 Å². The summed E-state index contributed by atoms with van der Waals surface area (Å²) in [7, 11) is 0. The predicted octanol–water partition coefficient (Wildman–Crippen LogP) is 1.93. The Morgan fingerprint density at radius 1 is 1.27 bits per heavy atom. The molecule has 3 amide bonds. The number of aryl methyl sites for hydroxylation is 1. The van der Waals surface area contributed by atoms with E-state index in [2.05, 4.69) is 26.1 Å². The van der Waals surface area contributed by atoms with Crippen molar-refractivity contribution in [2.75, 3.05) is 6.54 Å². The van der Waals surface area contributed by atoms with Crippen LogP contribution < -0.4 is 16.0 Å². The first kappa shape index (κ1) is 20.0. The number of carbonyl (C=O) groups is 2. The van der Waals surface area contributed by atoms with Gasteiger partial charge in [-0.25, -0.2) is 9.59 Å². The number of rotatable bonds is 6. The lowest BCUT2D eigenvalue weighted by Crippen LogP contribution is -2.56. The molecule has 0 bridgehead atoms. The van der Waals surface area contributed by atoms with Crippen molar-refractivity contribution in [3.8, 4) is 0 Å². The number of alkyl carbamates (subject to hydrolysis) is 1. The lowest BCUT2D eigenvalue weighted by Gasteiger charge is -2.31. The van der Waals surface area contributed by atoms with E-state index in [9.17, 15) is 9.59 Å². The Morgan fingerprint density at radius 2 is 1.96 bits per heavy atom. The molecular formula is C17H30N6O3. The summed E-state index contributed by atoms with van der Waals surface area (Å²) in [6.45, 7) is 8.84. The Labute approximate surface area is 154 Å². The van der Waals surface area contributed by atoms with Crippen LogP contribution in [0, 0.1) is 0 Å². The number of carbonyl (C=O) groups excluding carboxylic acids is 2. The molecule has 1 saturated carbocycles. The van der Waals surface area contributed by atoms with Crippen LogP contribution in [0.15, 0.2) is 6.33 Å². The van der Waals surface area contributed by atoms with Crippen molar-refractivity contribution in [1.29, 1.82) is 0 Å². The Balaban J connectivity index is 1.86. The third kappa shape index (κ3) is 5.89. The molecule has 9 nitrogen and oxygen atoms in total. The van der Waals surface area contributed by atoms with Gasteiger partial charge in [0.05, 0.1) is 12.1 Å². The normalized spacial score (nSPS) is 16.2. The second kappa shape index (κ2) is 8.37. The van der Waals surface area contributed by atoms with Crippen LogP contribution >= 0.6 is 0 Å². The minimum absolute atomic E-state index is 0.274. The van der Waals surface area contributed by atoms with Crippen molar-refractivity contribution < 1.29 is 14.3 Å². The van der Waals surface area contributed by atoms with Gasteiger partial charge in [-0.15, -0.1) is 10.2 Å². The van der Waals surface area contributed by atoms with Gasteiger partial charge in [0, 0.05) is 13.1 Å². The minimum atomic E-state index is -0.549. The van der Waals surface area contributed by atoms with E-state index < -0.39 is 17.2 Å². The molecule has 1 aliphatic carbocycles. The summed E-state index contributed by atoms with van der Waals surface area (Å²) in [5.74, 6) is 0.704.